The van der Waals surface area contributed by atoms with Gasteiger partial charge in [0, 0.05) is 16.9 Å². The number of anilines is 3. The van der Waals surface area contributed by atoms with Gasteiger partial charge < -0.3 is 4.90 Å². The molecule has 0 saturated carbocycles. The van der Waals surface area contributed by atoms with Gasteiger partial charge in [-0.15, -0.1) is 0 Å². The average Bonchev–Trinajstić information content (AvgIpc) is 3.72. The molecule has 4 aliphatic rings. The fourth-order valence-electron chi connectivity index (χ4n) is 12.2. The Hall–Kier alpha value is -5.66. The number of rotatable bonds is 4. The van der Waals surface area contributed by atoms with Crippen LogP contribution in [0.1, 0.15) is 131 Å². The molecule has 0 unspecified atom stereocenters. The summed E-state index contributed by atoms with van der Waals surface area (Å²) in [5.74, 6) is 0. The van der Waals surface area contributed by atoms with Crippen molar-refractivity contribution in [1.29, 1.82) is 0 Å². The maximum Gasteiger partial charge on any atom is 0.0726 e. The molecule has 1 spiro atoms. The summed E-state index contributed by atoms with van der Waals surface area (Å²) in [5, 5.41) is 0. The molecule has 61 heavy (non-hydrogen) atoms. The van der Waals surface area contributed by atoms with E-state index in [1.165, 1.54) is 126 Å². The molecular weight excluding hydrogens is 735 g/mol. The van der Waals surface area contributed by atoms with E-state index in [1.54, 1.807) is 0 Å². The van der Waals surface area contributed by atoms with Gasteiger partial charge in [-0.25, -0.2) is 0 Å². The molecule has 7 aromatic carbocycles. The lowest BCUT2D eigenvalue weighted by Crippen LogP contribution is -2.34. The summed E-state index contributed by atoms with van der Waals surface area (Å²) in [6.45, 7) is 21.9. The number of hydrogen-bond donors (Lipinski definition) is 0. The minimum absolute atomic E-state index is 0.0657. The highest BCUT2D eigenvalue weighted by atomic mass is 15.1. The minimum atomic E-state index is -0.451. The molecule has 0 saturated heterocycles. The first kappa shape index (κ1) is 38.3. The zero-order chi connectivity index (χ0) is 42.3. The van der Waals surface area contributed by atoms with Crippen LogP contribution in [0.4, 0.5) is 17.1 Å². The molecule has 0 fully saturated rings. The molecular formula is C60H59N. The lowest BCUT2D eigenvalue weighted by molar-refractivity contribution is 0.332. The normalized spacial score (nSPS) is 18.6. The van der Waals surface area contributed by atoms with Gasteiger partial charge in [-0.1, -0.05) is 171 Å². The molecule has 304 valence electrons. The Balaban J connectivity index is 1.28. The Morgan fingerprint density at radius 1 is 0.344 bits per heavy atom. The topological polar surface area (TPSA) is 3.24 Å². The van der Waals surface area contributed by atoms with Gasteiger partial charge in [-0.05, 0) is 162 Å². The monoisotopic (exact) mass is 793 g/mol. The molecule has 1 heteroatoms. The van der Waals surface area contributed by atoms with Crippen LogP contribution < -0.4 is 4.90 Å². The second-order valence-electron chi connectivity index (χ2n) is 21.5. The summed E-state index contributed by atoms with van der Waals surface area (Å²) >= 11 is 0. The molecule has 0 N–H and O–H groups in total. The van der Waals surface area contributed by atoms with Crippen LogP contribution in [0.3, 0.4) is 0 Å². The Labute approximate surface area is 364 Å². The lowest BCUT2D eigenvalue weighted by atomic mass is 9.62. The Morgan fingerprint density at radius 2 is 0.787 bits per heavy atom. The highest BCUT2D eigenvalue weighted by molar-refractivity contribution is 6.00. The van der Waals surface area contributed by atoms with E-state index in [0.717, 1.165) is 0 Å². The van der Waals surface area contributed by atoms with Gasteiger partial charge in [-0.3, -0.25) is 0 Å². The van der Waals surface area contributed by atoms with Crippen molar-refractivity contribution in [2.24, 2.45) is 0 Å². The van der Waals surface area contributed by atoms with E-state index in [2.05, 4.69) is 213 Å². The molecule has 11 rings (SSSR count). The number of aryl methyl sites for hydroxylation is 1. The van der Waals surface area contributed by atoms with E-state index in [9.17, 15) is 0 Å². The van der Waals surface area contributed by atoms with E-state index in [4.69, 9.17) is 0 Å². The quantitative estimate of drug-likeness (QED) is 0.172. The fraction of sp³-hybridized carbons (Fsp3) is 0.300. The zero-order valence-electron chi connectivity index (χ0n) is 37.6. The number of fused-ring (bicyclic) bond motifs is 12. The van der Waals surface area contributed by atoms with Gasteiger partial charge in [0.25, 0.3) is 0 Å². The highest BCUT2D eigenvalue weighted by Gasteiger charge is 2.52. The lowest BCUT2D eigenvalue weighted by Gasteiger charge is -2.43. The summed E-state index contributed by atoms with van der Waals surface area (Å²) in [5.41, 5.74) is 24.3. The number of hydrogen-bond acceptors (Lipinski definition) is 1. The van der Waals surface area contributed by atoms with Gasteiger partial charge in [-0.2, -0.15) is 0 Å². The predicted molar refractivity (Wildman–Crippen MR) is 258 cm³/mol. The number of benzene rings is 7. The van der Waals surface area contributed by atoms with E-state index < -0.39 is 5.41 Å². The second-order valence-corrected chi connectivity index (χ2v) is 21.5. The Bertz CT molecular complexity index is 2890. The van der Waals surface area contributed by atoms with Crippen molar-refractivity contribution in [2.75, 3.05) is 4.90 Å². The summed E-state index contributed by atoms with van der Waals surface area (Å²) in [4.78, 5) is 2.63. The zero-order valence-corrected chi connectivity index (χ0v) is 37.6. The van der Waals surface area contributed by atoms with Crippen LogP contribution in [0.5, 0.6) is 0 Å². The third kappa shape index (κ3) is 5.38. The van der Waals surface area contributed by atoms with Crippen molar-refractivity contribution < 1.29 is 0 Å². The number of para-hydroxylation sites is 1. The van der Waals surface area contributed by atoms with Gasteiger partial charge in [0.1, 0.15) is 0 Å². The van der Waals surface area contributed by atoms with Crippen LogP contribution in [0.25, 0.3) is 33.4 Å². The molecule has 0 bridgehead atoms. The summed E-state index contributed by atoms with van der Waals surface area (Å²) in [6, 6.07) is 56.7. The summed E-state index contributed by atoms with van der Waals surface area (Å²) in [6.07, 6.45) is 4.75. The predicted octanol–water partition coefficient (Wildman–Crippen LogP) is 16.2. The molecule has 4 aliphatic carbocycles. The van der Waals surface area contributed by atoms with Crippen LogP contribution >= 0.6 is 0 Å². The maximum atomic E-state index is 2.63. The van der Waals surface area contributed by atoms with Crippen molar-refractivity contribution in [3.8, 4) is 33.4 Å². The van der Waals surface area contributed by atoms with Crippen LogP contribution in [0.15, 0.2) is 146 Å². The smallest absolute Gasteiger partial charge is 0.0726 e. The van der Waals surface area contributed by atoms with Gasteiger partial charge in [0.2, 0.25) is 0 Å². The Kier molecular flexibility index (Phi) is 8.11. The van der Waals surface area contributed by atoms with Crippen LogP contribution in [0, 0.1) is 6.92 Å². The maximum absolute atomic E-state index is 2.63. The van der Waals surface area contributed by atoms with E-state index in [1.807, 2.05) is 0 Å². The minimum Gasteiger partial charge on any atom is -0.310 e. The van der Waals surface area contributed by atoms with E-state index in [0.29, 0.717) is 0 Å². The van der Waals surface area contributed by atoms with Gasteiger partial charge >= 0.3 is 0 Å². The van der Waals surface area contributed by atoms with Crippen molar-refractivity contribution >= 4 is 17.1 Å². The van der Waals surface area contributed by atoms with E-state index >= 15 is 0 Å². The van der Waals surface area contributed by atoms with Crippen molar-refractivity contribution in [1.82, 2.24) is 0 Å². The fourth-order valence-corrected chi connectivity index (χ4v) is 12.2. The van der Waals surface area contributed by atoms with Crippen LogP contribution in [-0.4, -0.2) is 0 Å². The highest BCUT2D eigenvalue weighted by Crippen LogP contribution is 2.64. The van der Waals surface area contributed by atoms with Crippen LogP contribution in [0.2, 0.25) is 0 Å². The average molecular weight is 794 g/mol. The molecule has 0 aromatic heterocycles. The first-order valence-corrected chi connectivity index (χ1v) is 22.8. The molecule has 0 atom stereocenters. The van der Waals surface area contributed by atoms with Crippen molar-refractivity contribution in [3.05, 3.63) is 196 Å². The van der Waals surface area contributed by atoms with Gasteiger partial charge in [0.05, 0.1) is 11.1 Å². The SMILES string of the molecule is Cc1cc2c(cc1N(c1ccccc1)c1cc3c(cc1-c1ccc4c(c1)C(C)(C)CCC4(C)C)-c1ccccc1C31c3ccccc3-c3ccccc31)C(C)(C)CCC2(C)C. The molecule has 1 nitrogen and oxygen atoms in total. The second kappa shape index (κ2) is 12.9. The van der Waals surface area contributed by atoms with Crippen LogP contribution in [-0.2, 0) is 27.1 Å². The Morgan fingerprint density at radius 3 is 1.34 bits per heavy atom. The third-order valence-corrected chi connectivity index (χ3v) is 15.9. The summed E-state index contributed by atoms with van der Waals surface area (Å²) in [7, 11) is 0. The first-order chi connectivity index (χ1) is 29.1. The molecule has 0 heterocycles. The molecule has 0 aliphatic heterocycles. The van der Waals surface area contributed by atoms with E-state index in [-0.39, 0.29) is 21.7 Å². The summed E-state index contributed by atoms with van der Waals surface area (Å²) < 4.78 is 0. The van der Waals surface area contributed by atoms with Gasteiger partial charge in [0.15, 0.2) is 0 Å². The molecule has 0 amide bonds. The number of nitrogens with zero attached hydrogens (tertiary/aromatic N) is 1. The van der Waals surface area contributed by atoms with Crippen molar-refractivity contribution in [3.63, 3.8) is 0 Å². The first-order valence-electron chi connectivity index (χ1n) is 22.8. The van der Waals surface area contributed by atoms with Crippen molar-refractivity contribution in [2.45, 2.75) is 115 Å². The third-order valence-electron chi connectivity index (χ3n) is 15.9. The largest absolute Gasteiger partial charge is 0.310 e. The standard InChI is InChI=1S/C60H59N/c1-38-33-51-53(59(8,9)32-31-57(51,4)5)37-54(38)61(40-19-11-10-12-20-40)55-36-50-45(35-44(55)39-27-28-49-52(34-39)58(6,7)30-29-56(49,2)3)43-23-15-18-26-48(43)60(50)46-24-16-13-21-41(46)42-22-14-17-25-47(42)60/h10-28,33-37H,29-32H2,1-9H3. The molecule has 0 radical (unpaired) electrons. The molecule has 7 aromatic rings.